The number of thiol groups is 1. The Balaban J connectivity index is 2.41. The maximum atomic E-state index is 8.44. The lowest BCUT2D eigenvalue weighted by Gasteiger charge is -2.25. The van der Waals surface area contributed by atoms with Crippen LogP contribution in [0, 0.1) is 11.3 Å². The number of hydrogen-bond donors (Lipinski definition) is 1. The Labute approximate surface area is 59.7 Å². The van der Waals surface area contributed by atoms with E-state index in [1.165, 1.54) is 0 Å². The Morgan fingerprint density at radius 3 is 3.00 bits per heavy atom. The minimum absolute atomic E-state index is 0.165. The van der Waals surface area contributed by atoms with Gasteiger partial charge in [0.1, 0.15) is 6.04 Å². The van der Waals surface area contributed by atoms with Gasteiger partial charge in [-0.15, -0.1) is 0 Å². The first kappa shape index (κ1) is 6.87. The van der Waals surface area contributed by atoms with Gasteiger partial charge in [-0.1, -0.05) is 12.8 Å². The Kier molecular flexibility index (Phi) is 2.34. The average molecular weight is 144 g/mol. The third-order valence-corrected chi connectivity index (χ3v) is 1.73. The molecule has 0 aromatic carbocycles. The van der Waals surface area contributed by atoms with Crippen molar-refractivity contribution in [1.29, 1.82) is 5.26 Å². The van der Waals surface area contributed by atoms with Gasteiger partial charge in [-0.2, -0.15) is 5.26 Å². The molecule has 0 aliphatic carbocycles. The number of ether oxygens (including phenoxy) is 1. The van der Waals surface area contributed by atoms with Crippen molar-refractivity contribution in [3.05, 3.63) is 0 Å². The second-order valence-electron chi connectivity index (χ2n) is 1.88. The number of rotatable bonds is 0. The van der Waals surface area contributed by atoms with E-state index >= 15 is 0 Å². The van der Waals surface area contributed by atoms with Gasteiger partial charge < -0.3 is 4.74 Å². The molecule has 0 bridgehead atoms. The van der Waals surface area contributed by atoms with Gasteiger partial charge >= 0.3 is 0 Å². The van der Waals surface area contributed by atoms with Crippen LogP contribution in [0.4, 0.5) is 0 Å². The molecule has 0 spiro atoms. The van der Waals surface area contributed by atoms with Crippen molar-refractivity contribution >= 4 is 12.8 Å². The molecule has 1 rings (SSSR count). The van der Waals surface area contributed by atoms with Crippen LogP contribution in [0.5, 0.6) is 0 Å². The SMILES string of the molecule is N#CC1COCCN1S. The van der Waals surface area contributed by atoms with Crippen molar-refractivity contribution < 1.29 is 4.74 Å². The van der Waals surface area contributed by atoms with Gasteiger partial charge in [-0.3, -0.25) is 0 Å². The highest BCUT2D eigenvalue weighted by atomic mass is 32.1. The smallest absolute Gasteiger partial charge is 0.130 e. The van der Waals surface area contributed by atoms with E-state index in [2.05, 4.69) is 18.9 Å². The molecule has 0 N–H and O–H groups in total. The fourth-order valence-corrected chi connectivity index (χ4v) is 0.899. The lowest BCUT2D eigenvalue weighted by Crippen LogP contribution is -2.38. The quantitative estimate of drug-likeness (QED) is 0.488. The summed E-state index contributed by atoms with van der Waals surface area (Å²) in [6, 6.07) is 1.91. The van der Waals surface area contributed by atoms with Gasteiger partial charge in [-0.05, 0) is 0 Å². The third kappa shape index (κ3) is 1.58. The minimum atomic E-state index is -0.165. The number of nitrogens with zero attached hydrogens (tertiary/aromatic N) is 2. The Hall–Kier alpha value is -0.240. The molecule has 3 nitrogen and oxygen atoms in total. The molecular formula is C5H8N2OS. The normalized spacial score (nSPS) is 29.6. The molecule has 0 aromatic rings. The van der Waals surface area contributed by atoms with Crippen molar-refractivity contribution in [3.8, 4) is 6.07 Å². The molecule has 0 radical (unpaired) electrons. The molecule has 0 aromatic heterocycles. The molecule has 1 atom stereocenters. The summed E-state index contributed by atoms with van der Waals surface area (Å²) in [6.07, 6.45) is 0. The molecule has 1 heterocycles. The predicted molar refractivity (Wildman–Crippen MR) is 35.9 cm³/mol. The Morgan fingerprint density at radius 2 is 2.56 bits per heavy atom. The van der Waals surface area contributed by atoms with E-state index in [-0.39, 0.29) is 6.04 Å². The van der Waals surface area contributed by atoms with E-state index in [1.54, 1.807) is 4.31 Å². The zero-order valence-electron chi connectivity index (χ0n) is 4.95. The maximum absolute atomic E-state index is 8.44. The predicted octanol–water partition coefficient (Wildman–Crippen LogP) is 0.0556. The summed E-state index contributed by atoms with van der Waals surface area (Å²) in [5, 5.41) is 8.44. The first-order valence-electron chi connectivity index (χ1n) is 2.77. The molecule has 50 valence electrons. The summed E-state index contributed by atoms with van der Waals surface area (Å²) in [5.41, 5.74) is 0. The summed E-state index contributed by atoms with van der Waals surface area (Å²) < 4.78 is 6.73. The second-order valence-corrected chi connectivity index (χ2v) is 2.40. The first-order chi connectivity index (χ1) is 4.34. The molecule has 9 heavy (non-hydrogen) atoms. The fraction of sp³-hybridized carbons (Fsp3) is 0.800. The lowest BCUT2D eigenvalue weighted by atomic mass is 10.3. The van der Waals surface area contributed by atoms with Crippen LogP contribution in [0.1, 0.15) is 0 Å². The zero-order valence-corrected chi connectivity index (χ0v) is 5.84. The molecular weight excluding hydrogens is 136 g/mol. The van der Waals surface area contributed by atoms with E-state index in [1.807, 2.05) is 0 Å². The molecule has 0 saturated carbocycles. The highest BCUT2D eigenvalue weighted by molar-refractivity contribution is 7.77. The van der Waals surface area contributed by atoms with Crippen molar-refractivity contribution in [1.82, 2.24) is 4.31 Å². The van der Waals surface area contributed by atoms with Crippen molar-refractivity contribution in [2.24, 2.45) is 0 Å². The summed E-state index contributed by atoms with van der Waals surface area (Å²) in [7, 11) is 0. The first-order valence-corrected chi connectivity index (χ1v) is 3.17. The van der Waals surface area contributed by atoms with E-state index < -0.39 is 0 Å². The van der Waals surface area contributed by atoms with Crippen molar-refractivity contribution in [3.63, 3.8) is 0 Å². The van der Waals surface area contributed by atoms with E-state index in [4.69, 9.17) is 10.00 Å². The van der Waals surface area contributed by atoms with Crippen LogP contribution in [0.15, 0.2) is 0 Å². The monoisotopic (exact) mass is 144 g/mol. The largest absolute Gasteiger partial charge is 0.377 e. The molecule has 1 unspecified atom stereocenters. The molecule has 4 heteroatoms. The maximum Gasteiger partial charge on any atom is 0.130 e. The van der Waals surface area contributed by atoms with E-state index in [0.717, 1.165) is 6.54 Å². The molecule has 1 saturated heterocycles. The zero-order chi connectivity index (χ0) is 6.69. The van der Waals surface area contributed by atoms with Gasteiger partial charge in [0.05, 0.1) is 19.3 Å². The topological polar surface area (TPSA) is 36.3 Å². The highest BCUT2D eigenvalue weighted by Gasteiger charge is 2.18. The number of morpholine rings is 1. The van der Waals surface area contributed by atoms with Crippen LogP contribution >= 0.6 is 12.8 Å². The van der Waals surface area contributed by atoms with Crippen LogP contribution in [0.3, 0.4) is 0 Å². The molecule has 0 amide bonds. The lowest BCUT2D eigenvalue weighted by molar-refractivity contribution is 0.0567. The Morgan fingerprint density at radius 1 is 1.78 bits per heavy atom. The van der Waals surface area contributed by atoms with Gasteiger partial charge in [0.2, 0.25) is 0 Å². The van der Waals surface area contributed by atoms with Crippen molar-refractivity contribution in [2.45, 2.75) is 6.04 Å². The second kappa shape index (κ2) is 3.06. The average Bonchev–Trinajstić information content (AvgIpc) is 1.89. The highest BCUT2D eigenvalue weighted by Crippen LogP contribution is 2.06. The van der Waals surface area contributed by atoms with Crippen LogP contribution in [0.25, 0.3) is 0 Å². The van der Waals surface area contributed by atoms with Gasteiger partial charge in [-0.25, -0.2) is 4.31 Å². The third-order valence-electron chi connectivity index (χ3n) is 1.25. The van der Waals surface area contributed by atoms with Gasteiger partial charge in [0.25, 0.3) is 0 Å². The van der Waals surface area contributed by atoms with Crippen molar-refractivity contribution in [2.75, 3.05) is 19.8 Å². The molecule has 1 aliphatic rings. The molecule has 1 aliphatic heterocycles. The van der Waals surface area contributed by atoms with Crippen LogP contribution in [-0.2, 0) is 4.74 Å². The fourth-order valence-electron chi connectivity index (χ4n) is 0.699. The minimum Gasteiger partial charge on any atom is -0.377 e. The summed E-state index contributed by atoms with van der Waals surface area (Å²) >= 11 is 4.07. The van der Waals surface area contributed by atoms with Crippen LogP contribution in [0.2, 0.25) is 0 Å². The summed E-state index contributed by atoms with van der Waals surface area (Å²) in [6.45, 7) is 1.91. The molecule has 1 fully saturated rings. The van der Waals surface area contributed by atoms with Crippen LogP contribution < -0.4 is 0 Å². The van der Waals surface area contributed by atoms with Gasteiger partial charge in [0.15, 0.2) is 0 Å². The summed E-state index contributed by atoms with van der Waals surface area (Å²) in [4.78, 5) is 0. The van der Waals surface area contributed by atoms with E-state index in [9.17, 15) is 0 Å². The van der Waals surface area contributed by atoms with E-state index in [0.29, 0.717) is 13.2 Å². The van der Waals surface area contributed by atoms with Gasteiger partial charge in [0, 0.05) is 6.54 Å². The standard InChI is InChI=1S/C5H8N2OS/c6-3-5-4-8-2-1-7(5)9/h5,9H,1-2,4H2. The number of hydrogen-bond acceptors (Lipinski definition) is 4. The number of nitriles is 1. The Bertz CT molecular complexity index is 133. The summed E-state index contributed by atoms with van der Waals surface area (Å²) in [5.74, 6) is 0. The van der Waals surface area contributed by atoms with Crippen LogP contribution in [-0.4, -0.2) is 30.1 Å².